The Morgan fingerprint density at radius 2 is 1.81 bits per heavy atom. The van der Waals surface area contributed by atoms with Gasteiger partial charge in [0, 0.05) is 30.6 Å². The molecule has 1 aromatic carbocycles. The van der Waals surface area contributed by atoms with Gasteiger partial charge in [-0.15, -0.1) is 0 Å². The van der Waals surface area contributed by atoms with E-state index in [-0.39, 0.29) is 30.4 Å². The van der Waals surface area contributed by atoms with Crippen LogP contribution in [0.1, 0.15) is 39.8 Å². The summed E-state index contributed by atoms with van der Waals surface area (Å²) >= 11 is 5.73. The fourth-order valence-corrected chi connectivity index (χ4v) is 3.54. The topological polar surface area (TPSA) is 99.6 Å². The number of hydrogen-bond acceptors (Lipinski definition) is 7. The number of ether oxygens (including phenoxy) is 3. The van der Waals surface area contributed by atoms with Gasteiger partial charge >= 0.3 is 12.1 Å². The van der Waals surface area contributed by atoms with Gasteiger partial charge in [-0.2, -0.15) is 0 Å². The number of amides is 1. The summed E-state index contributed by atoms with van der Waals surface area (Å²) in [6.07, 6.45) is 2.59. The highest BCUT2D eigenvalue weighted by atomic mass is 35.5. The molecule has 196 valence electrons. The summed E-state index contributed by atoms with van der Waals surface area (Å²) < 4.78 is 29.9. The van der Waals surface area contributed by atoms with Crippen LogP contribution in [0.5, 0.6) is 11.6 Å². The molecule has 8 nitrogen and oxygen atoms in total. The van der Waals surface area contributed by atoms with E-state index in [1.807, 2.05) is 24.3 Å². The largest absolute Gasteiger partial charge is 0.466 e. The number of rotatable bonds is 9. The molecule has 0 bridgehead atoms. The number of aromatic nitrogens is 2. The third kappa shape index (κ3) is 9.02. The van der Waals surface area contributed by atoms with E-state index >= 15 is 0 Å². The lowest BCUT2D eigenvalue weighted by Crippen LogP contribution is -2.41. The van der Waals surface area contributed by atoms with Crippen LogP contribution in [-0.4, -0.2) is 40.3 Å². The van der Waals surface area contributed by atoms with Gasteiger partial charge in [0.2, 0.25) is 0 Å². The van der Waals surface area contributed by atoms with Crippen LogP contribution in [0.3, 0.4) is 0 Å². The van der Waals surface area contributed by atoms with E-state index in [1.54, 1.807) is 46.0 Å². The molecule has 2 aromatic heterocycles. The van der Waals surface area contributed by atoms with Crippen molar-refractivity contribution in [2.75, 3.05) is 6.61 Å². The molecule has 1 N–H and O–H groups in total. The molecule has 0 saturated heterocycles. The summed E-state index contributed by atoms with van der Waals surface area (Å²) in [6.45, 7) is 7.24. The number of pyridine rings is 2. The summed E-state index contributed by atoms with van der Waals surface area (Å²) in [6, 6.07) is 11.3. The van der Waals surface area contributed by atoms with Crippen molar-refractivity contribution in [3.63, 3.8) is 0 Å². The van der Waals surface area contributed by atoms with Crippen molar-refractivity contribution >= 4 is 23.7 Å². The summed E-state index contributed by atoms with van der Waals surface area (Å²) in [5.74, 6) is -0.856. The lowest BCUT2D eigenvalue weighted by atomic mass is 10.0. The predicted octanol–water partition coefficient (Wildman–Crippen LogP) is 6.12. The standard InChI is InChI=1S/C27H29ClFN3O5/c1-5-35-24(33)15-21(32-26(34)37-27(2,3)4)14-20-12-18(10-11-30-20)17-6-8-22(9-7-17)36-25-23(29)13-19(28)16-31-25/h6-13,16,21H,5,14-15H2,1-4H3,(H,32,34)/t21-/m0/s1. The quantitative estimate of drug-likeness (QED) is 0.333. The first-order valence-corrected chi connectivity index (χ1v) is 12.1. The lowest BCUT2D eigenvalue weighted by Gasteiger charge is -2.23. The minimum absolute atomic E-state index is 0.0275. The van der Waals surface area contributed by atoms with Gasteiger partial charge in [-0.1, -0.05) is 23.7 Å². The van der Waals surface area contributed by atoms with Crippen molar-refractivity contribution in [1.82, 2.24) is 15.3 Å². The number of nitrogens with one attached hydrogen (secondary N) is 1. The fourth-order valence-electron chi connectivity index (χ4n) is 3.40. The Bertz CT molecular complexity index is 1230. The van der Waals surface area contributed by atoms with E-state index in [9.17, 15) is 14.0 Å². The molecule has 0 unspecified atom stereocenters. The summed E-state index contributed by atoms with van der Waals surface area (Å²) in [5.41, 5.74) is 1.71. The molecule has 3 rings (SSSR count). The summed E-state index contributed by atoms with van der Waals surface area (Å²) in [4.78, 5) is 32.7. The molecule has 0 aliphatic rings. The van der Waals surface area contributed by atoms with Crippen LogP contribution >= 0.6 is 11.6 Å². The van der Waals surface area contributed by atoms with Gasteiger partial charge in [0.1, 0.15) is 11.4 Å². The molecule has 1 atom stereocenters. The molecule has 0 saturated carbocycles. The smallest absolute Gasteiger partial charge is 0.407 e. The third-order valence-corrected chi connectivity index (χ3v) is 5.09. The Labute approximate surface area is 220 Å². The molecule has 0 aliphatic carbocycles. The number of carbonyl (C=O) groups excluding carboxylic acids is 2. The number of carbonyl (C=O) groups is 2. The number of nitrogens with zero attached hydrogens (tertiary/aromatic N) is 2. The molecular weight excluding hydrogens is 501 g/mol. The maximum atomic E-state index is 14.0. The van der Waals surface area contributed by atoms with Crippen molar-refractivity contribution < 1.29 is 28.2 Å². The molecule has 3 aromatic rings. The zero-order valence-electron chi connectivity index (χ0n) is 21.1. The molecule has 0 spiro atoms. The van der Waals surface area contributed by atoms with Crippen molar-refractivity contribution in [3.05, 3.63) is 71.4 Å². The van der Waals surface area contributed by atoms with Gasteiger partial charge < -0.3 is 19.5 Å². The SMILES string of the molecule is CCOC(=O)C[C@H](Cc1cc(-c2ccc(Oc3ncc(Cl)cc3F)cc2)ccn1)NC(=O)OC(C)(C)C. The second-order valence-corrected chi connectivity index (χ2v) is 9.60. The van der Waals surface area contributed by atoms with E-state index < -0.39 is 29.5 Å². The van der Waals surface area contributed by atoms with Gasteiger partial charge in [0.25, 0.3) is 5.88 Å². The molecular formula is C27H29ClFN3O5. The average Bonchev–Trinajstić information content (AvgIpc) is 2.80. The number of esters is 1. The van der Waals surface area contributed by atoms with Crippen molar-refractivity contribution in [1.29, 1.82) is 0 Å². The average molecular weight is 530 g/mol. The van der Waals surface area contributed by atoms with E-state index in [0.29, 0.717) is 11.4 Å². The van der Waals surface area contributed by atoms with Crippen LogP contribution in [0.15, 0.2) is 54.9 Å². The minimum Gasteiger partial charge on any atom is -0.466 e. The molecule has 1 amide bonds. The van der Waals surface area contributed by atoms with Crippen LogP contribution in [0, 0.1) is 5.82 Å². The first-order valence-electron chi connectivity index (χ1n) is 11.7. The highest BCUT2D eigenvalue weighted by Gasteiger charge is 2.23. The summed E-state index contributed by atoms with van der Waals surface area (Å²) in [7, 11) is 0. The van der Waals surface area contributed by atoms with Crippen LogP contribution in [0.4, 0.5) is 9.18 Å². The highest BCUT2D eigenvalue weighted by molar-refractivity contribution is 6.30. The van der Waals surface area contributed by atoms with E-state index in [2.05, 4.69) is 15.3 Å². The van der Waals surface area contributed by atoms with Gasteiger partial charge in [-0.25, -0.2) is 14.2 Å². The van der Waals surface area contributed by atoms with E-state index in [1.165, 1.54) is 6.20 Å². The molecule has 0 aliphatic heterocycles. The van der Waals surface area contributed by atoms with Crippen LogP contribution in [0.25, 0.3) is 11.1 Å². The van der Waals surface area contributed by atoms with Crippen LogP contribution in [0.2, 0.25) is 5.02 Å². The number of halogens is 2. The number of alkyl carbamates (subject to hydrolysis) is 1. The molecule has 0 radical (unpaired) electrons. The Balaban J connectivity index is 1.73. The van der Waals surface area contributed by atoms with E-state index in [4.69, 9.17) is 25.8 Å². The Morgan fingerprint density at radius 3 is 2.46 bits per heavy atom. The molecule has 37 heavy (non-hydrogen) atoms. The van der Waals surface area contributed by atoms with Gasteiger partial charge in [0.05, 0.1) is 18.1 Å². The van der Waals surface area contributed by atoms with Crippen molar-refractivity contribution in [2.24, 2.45) is 0 Å². The van der Waals surface area contributed by atoms with Gasteiger partial charge in [-0.05, 0) is 69.2 Å². The van der Waals surface area contributed by atoms with E-state index in [0.717, 1.165) is 17.2 Å². The predicted molar refractivity (Wildman–Crippen MR) is 137 cm³/mol. The van der Waals surface area contributed by atoms with Crippen LogP contribution in [-0.2, 0) is 20.7 Å². The maximum absolute atomic E-state index is 14.0. The lowest BCUT2D eigenvalue weighted by molar-refractivity contribution is -0.143. The van der Waals surface area contributed by atoms with Crippen molar-refractivity contribution in [2.45, 2.75) is 52.2 Å². The first kappa shape index (κ1) is 27.9. The molecule has 10 heteroatoms. The van der Waals surface area contributed by atoms with Gasteiger partial charge in [0.15, 0.2) is 5.82 Å². The second kappa shape index (κ2) is 12.5. The number of hydrogen-bond donors (Lipinski definition) is 1. The maximum Gasteiger partial charge on any atom is 0.407 e. The normalized spacial score (nSPS) is 11.9. The summed E-state index contributed by atoms with van der Waals surface area (Å²) in [5, 5.41) is 2.93. The zero-order chi connectivity index (χ0) is 27.0. The van der Waals surface area contributed by atoms with Crippen LogP contribution < -0.4 is 10.1 Å². The van der Waals surface area contributed by atoms with Gasteiger partial charge in [-0.3, -0.25) is 9.78 Å². The fraction of sp³-hybridized carbons (Fsp3) is 0.333. The highest BCUT2D eigenvalue weighted by Crippen LogP contribution is 2.27. The monoisotopic (exact) mass is 529 g/mol. The zero-order valence-corrected chi connectivity index (χ0v) is 21.8. The van der Waals surface area contributed by atoms with Crippen molar-refractivity contribution in [3.8, 4) is 22.8 Å². The Morgan fingerprint density at radius 1 is 1.08 bits per heavy atom. The minimum atomic E-state index is -0.679. The molecule has 0 fully saturated rings. The Kier molecular flexibility index (Phi) is 9.41. The first-order chi connectivity index (χ1) is 17.5. The Hall–Kier alpha value is -3.72. The molecule has 2 heterocycles. The third-order valence-electron chi connectivity index (χ3n) is 4.89. The second-order valence-electron chi connectivity index (χ2n) is 9.16. The number of benzene rings is 1.